The van der Waals surface area contributed by atoms with Gasteiger partial charge in [0.25, 0.3) is 0 Å². The van der Waals surface area contributed by atoms with E-state index in [1.165, 1.54) is 18.9 Å². The van der Waals surface area contributed by atoms with Crippen molar-refractivity contribution in [1.82, 2.24) is 0 Å². The Morgan fingerprint density at radius 3 is 2.65 bits per heavy atom. The molecular weight excluding hydrogens is 330 g/mol. The molecule has 1 amide bonds. The summed E-state index contributed by atoms with van der Waals surface area (Å²) in [6.07, 6.45) is 0.336. The number of ether oxygens (including phenoxy) is 1. The first-order valence-corrected chi connectivity index (χ1v) is 8.66. The minimum Gasteiger partial charge on any atom is -0.465 e. The molecule has 136 valence electrons. The highest BCUT2D eigenvalue weighted by Crippen LogP contribution is 2.35. The van der Waals surface area contributed by atoms with Crippen LogP contribution in [0.25, 0.3) is 0 Å². The Morgan fingerprint density at radius 1 is 1.23 bits per heavy atom. The molecule has 1 N–H and O–H groups in total. The number of fused-ring (bicyclic) bond motifs is 1. The second kappa shape index (κ2) is 7.30. The summed E-state index contributed by atoms with van der Waals surface area (Å²) in [5, 5.41) is 10.8. The summed E-state index contributed by atoms with van der Waals surface area (Å²) in [7, 11) is 1.36. The van der Waals surface area contributed by atoms with E-state index < -0.39 is 6.23 Å². The zero-order chi connectivity index (χ0) is 18.8. The van der Waals surface area contributed by atoms with Gasteiger partial charge in [-0.05, 0) is 54.7 Å². The quantitative estimate of drug-likeness (QED) is 0.862. The minimum atomic E-state index is -0.899. The van der Waals surface area contributed by atoms with Crippen molar-refractivity contribution >= 4 is 17.6 Å². The van der Waals surface area contributed by atoms with Gasteiger partial charge < -0.3 is 9.84 Å². The van der Waals surface area contributed by atoms with E-state index in [2.05, 4.69) is 0 Å². The topological polar surface area (TPSA) is 66.8 Å². The third-order valence-corrected chi connectivity index (χ3v) is 5.01. The predicted molar refractivity (Wildman–Crippen MR) is 99.0 cm³/mol. The molecule has 1 aliphatic heterocycles. The number of hydrogen-bond acceptors (Lipinski definition) is 4. The first-order valence-electron chi connectivity index (χ1n) is 8.66. The van der Waals surface area contributed by atoms with Crippen LogP contribution in [0.3, 0.4) is 0 Å². The number of methoxy groups -OCH3 is 1. The van der Waals surface area contributed by atoms with Crippen molar-refractivity contribution in [3.63, 3.8) is 0 Å². The molecule has 2 atom stereocenters. The summed E-state index contributed by atoms with van der Waals surface area (Å²) in [4.78, 5) is 25.4. The number of aliphatic hydroxyl groups is 1. The van der Waals surface area contributed by atoms with E-state index >= 15 is 0 Å². The molecule has 0 fully saturated rings. The van der Waals surface area contributed by atoms with Crippen LogP contribution in [0.2, 0.25) is 0 Å². The molecule has 0 aromatic heterocycles. The van der Waals surface area contributed by atoms with Crippen LogP contribution >= 0.6 is 0 Å². The van der Waals surface area contributed by atoms with Crippen molar-refractivity contribution in [1.29, 1.82) is 0 Å². The first kappa shape index (κ1) is 18.1. The third-order valence-electron chi connectivity index (χ3n) is 5.01. The van der Waals surface area contributed by atoms with Crippen molar-refractivity contribution in [2.45, 2.75) is 32.9 Å². The molecule has 0 radical (unpaired) electrons. The number of amides is 1. The summed E-state index contributed by atoms with van der Waals surface area (Å²) in [6, 6.07) is 13.1. The Labute approximate surface area is 153 Å². The standard InChI is InChI=1S/C21H23NO4/c1-13-8-9-16(21(25)26-3)11-17(13)12-18-10-15-6-4-5-7-19(15)22(14(2)23)20(18)24/h4-9,11,18,20,24H,10,12H2,1-3H3/t18?,20-/m0/s1. The Hall–Kier alpha value is -2.66. The fourth-order valence-corrected chi connectivity index (χ4v) is 3.61. The molecule has 3 rings (SSSR count). The number of carbonyl (C=O) groups is 2. The van der Waals surface area contributed by atoms with Gasteiger partial charge in [0.1, 0.15) is 6.23 Å². The summed E-state index contributed by atoms with van der Waals surface area (Å²) in [5.41, 5.74) is 4.31. The fourth-order valence-electron chi connectivity index (χ4n) is 3.61. The molecule has 0 saturated carbocycles. The predicted octanol–water partition coefficient (Wildman–Crippen LogP) is 2.87. The van der Waals surface area contributed by atoms with Crippen molar-refractivity contribution in [2.24, 2.45) is 5.92 Å². The first-order chi connectivity index (χ1) is 12.4. The lowest BCUT2D eigenvalue weighted by Crippen LogP contribution is -2.48. The zero-order valence-corrected chi connectivity index (χ0v) is 15.2. The summed E-state index contributed by atoms with van der Waals surface area (Å²) in [5.74, 6) is -0.721. The number of aryl methyl sites for hydroxylation is 1. The Kier molecular flexibility index (Phi) is 5.09. The number of para-hydroxylation sites is 1. The smallest absolute Gasteiger partial charge is 0.337 e. The van der Waals surface area contributed by atoms with Gasteiger partial charge in [-0.1, -0.05) is 24.3 Å². The van der Waals surface area contributed by atoms with E-state index in [0.29, 0.717) is 18.4 Å². The van der Waals surface area contributed by atoms with Gasteiger partial charge in [-0.2, -0.15) is 0 Å². The Morgan fingerprint density at radius 2 is 1.96 bits per heavy atom. The largest absolute Gasteiger partial charge is 0.465 e. The van der Waals surface area contributed by atoms with Crippen LogP contribution < -0.4 is 4.90 Å². The van der Waals surface area contributed by atoms with Crippen LogP contribution in [0.4, 0.5) is 5.69 Å². The number of rotatable bonds is 3. The zero-order valence-electron chi connectivity index (χ0n) is 15.2. The molecule has 26 heavy (non-hydrogen) atoms. The van der Waals surface area contributed by atoms with E-state index in [1.54, 1.807) is 6.07 Å². The number of aliphatic hydroxyl groups excluding tert-OH is 1. The molecule has 2 aromatic rings. The van der Waals surface area contributed by atoms with E-state index in [9.17, 15) is 14.7 Å². The average Bonchev–Trinajstić information content (AvgIpc) is 2.63. The van der Waals surface area contributed by atoms with Crippen LogP contribution in [0.1, 0.15) is 34.0 Å². The third kappa shape index (κ3) is 3.35. The van der Waals surface area contributed by atoms with Crippen molar-refractivity contribution in [3.8, 4) is 0 Å². The van der Waals surface area contributed by atoms with E-state index in [4.69, 9.17) is 4.74 Å². The fraction of sp³-hybridized carbons (Fsp3) is 0.333. The number of nitrogens with zero attached hydrogens (tertiary/aromatic N) is 1. The van der Waals surface area contributed by atoms with Crippen molar-refractivity contribution in [3.05, 3.63) is 64.7 Å². The van der Waals surface area contributed by atoms with Gasteiger partial charge in [0.15, 0.2) is 0 Å². The molecule has 5 nitrogen and oxygen atoms in total. The monoisotopic (exact) mass is 353 g/mol. The minimum absolute atomic E-state index is 0.152. The van der Waals surface area contributed by atoms with Crippen LogP contribution in [-0.4, -0.2) is 30.3 Å². The van der Waals surface area contributed by atoms with Crippen LogP contribution in [0, 0.1) is 12.8 Å². The molecule has 0 saturated heterocycles. The molecule has 2 aromatic carbocycles. The molecule has 5 heteroatoms. The molecule has 0 aliphatic carbocycles. The molecule has 1 heterocycles. The number of esters is 1. The van der Waals surface area contributed by atoms with E-state index in [0.717, 1.165) is 22.4 Å². The number of hydrogen-bond donors (Lipinski definition) is 1. The second-order valence-corrected chi connectivity index (χ2v) is 6.73. The normalized spacial score (nSPS) is 19.0. The number of carbonyl (C=O) groups excluding carboxylic acids is 2. The highest BCUT2D eigenvalue weighted by molar-refractivity contribution is 5.93. The Balaban J connectivity index is 1.93. The lowest BCUT2D eigenvalue weighted by Gasteiger charge is -2.39. The summed E-state index contributed by atoms with van der Waals surface area (Å²) in [6.45, 7) is 3.44. The number of benzene rings is 2. The molecule has 1 unspecified atom stereocenters. The maximum atomic E-state index is 12.1. The Bertz CT molecular complexity index is 846. The van der Waals surface area contributed by atoms with Gasteiger partial charge in [0.05, 0.1) is 12.7 Å². The van der Waals surface area contributed by atoms with Gasteiger partial charge >= 0.3 is 5.97 Å². The van der Waals surface area contributed by atoms with Gasteiger partial charge in [-0.3, -0.25) is 9.69 Å². The molecule has 0 bridgehead atoms. The van der Waals surface area contributed by atoms with E-state index in [1.807, 2.05) is 43.3 Å². The lowest BCUT2D eigenvalue weighted by atomic mass is 9.84. The second-order valence-electron chi connectivity index (χ2n) is 6.73. The van der Waals surface area contributed by atoms with Gasteiger partial charge in [0, 0.05) is 18.5 Å². The van der Waals surface area contributed by atoms with Crippen LogP contribution in [-0.2, 0) is 22.4 Å². The summed E-state index contributed by atoms with van der Waals surface area (Å²) < 4.78 is 4.80. The highest BCUT2D eigenvalue weighted by atomic mass is 16.5. The van der Waals surface area contributed by atoms with Gasteiger partial charge in [-0.25, -0.2) is 4.79 Å². The van der Waals surface area contributed by atoms with Crippen LogP contribution in [0.5, 0.6) is 0 Å². The lowest BCUT2D eigenvalue weighted by molar-refractivity contribution is -0.119. The van der Waals surface area contributed by atoms with Gasteiger partial charge in [0.2, 0.25) is 5.91 Å². The highest BCUT2D eigenvalue weighted by Gasteiger charge is 2.35. The van der Waals surface area contributed by atoms with Crippen molar-refractivity contribution in [2.75, 3.05) is 12.0 Å². The number of anilines is 1. The summed E-state index contributed by atoms with van der Waals surface area (Å²) >= 11 is 0. The van der Waals surface area contributed by atoms with E-state index in [-0.39, 0.29) is 17.8 Å². The SMILES string of the molecule is COC(=O)c1ccc(C)c(CC2Cc3ccccc3N(C(C)=O)[C@H]2O)c1. The molecular formula is C21H23NO4. The molecule has 0 spiro atoms. The maximum absolute atomic E-state index is 12.1. The van der Waals surface area contributed by atoms with Crippen LogP contribution in [0.15, 0.2) is 42.5 Å². The average molecular weight is 353 g/mol. The van der Waals surface area contributed by atoms with Crippen molar-refractivity contribution < 1.29 is 19.4 Å². The maximum Gasteiger partial charge on any atom is 0.337 e. The van der Waals surface area contributed by atoms with Gasteiger partial charge in [-0.15, -0.1) is 0 Å². The molecule has 1 aliphatic rings.